The summed E-state index contributed by atoms with van der Waals surface area (Å²) >= 11 is 0. The average Bonchev–Trinajstić information content (AvgIpc) is 2.79. The van der Waals surface area contributed by atoms with Gasteiger partial charge in [0.2, 0.25) is 11.8 Å². The quantitative estimate of drug-likeness (QED) is 0.666. The van der Waals surface area contributed by atoms with Gasteiger partial charge in [-0.25, -0.2) is 0 Å². The number of anilines is 1. The van der Waals surface area contributed by atoms with E-state index >= 15 is 0 Å². The smallest absolute Gasteiger partial charge is 0.251 e. The van der Waals surface area contributed by atoms with Crippen LogP contribution in [-0.2, 0) is 16.0 Å². The Morgan fingerprint density at radius 2 is 1.72 bits per heavy atom. The van der Waals surface area contributed by atoms with Gasteiger partial charge in [0.15, 0.2) is 0 Å². The predicted octanol–water partition coefficient (Wildman–Crippen LogP) is 2.46. The molecule has 0 aliphatic carbocycles. The van der Waals surface area contributed by atoms with Gasteiger partial charge in [0.25, 0.3) is 5.91 Å². The lowest BCUT2D eigenvalue weighted by Crippen LogP contribution is -2.50. The molecular weight excluding hydrogens is 404 g/mol. The van der Waals surface area contributed by atoms with E-state index in [2.05, 4.69) is 22.5 Å². The Bertz CT molecular complexity index is 952. The second kappa shape index (κ2) is 11.4. The topological polar surface area (TPSA) is 81.8 Å². The molecule has 0 aromatic heterocycles. The molecule has 1 fully saturated rings. The number of nitrogens with one attached hydrogen (secondary N) is 2. The summed E-state index contributed by atoms with van der Waals surface area (Å²) in [5.41, 5.74) is 3.60. The number of carbonyl (C=O) groups is 3. The van der Waals surface area contributed by atoms with Crippen LogP contribution in [0.3, 0.4) is 0 Å². The molecule has 1 aliphatic heterocycles. The van der Waals surface area contributed by atoms with Crippen molar-refractivity contribution in [3.63, 3.8) is 0 Å². The number of piperazine rings is 1. The molecule has 170 valence electrons. The summed E-state index contributed by atoms with van der Waals surface area (Å²) in [5, 5.41) is 5.81. The Morgan fingerprint density at radius 1 is 0.969 bits per heavy atom. The fraction of sp³-hybridized carbons (Fsp3) is 0.400. The van der Waals surface area contributed by atoms with E-state index in [0.717, 1.165) is 23.2 Å². The van der Waals surface area contributed by atoms with E-state index in [4.69, 9.17) is 0 Å². The van der Waals surface area contributed by atoms with Crippen molar-refractivity contribution in [2.45, 2.75) is 26.7 Å². The van der Waals surface area contributed by atoms with Crippen molar-refractivity contribution in [1.82, 2.24) is 15.1 Å². The summed E-state index contributed by atoms with van der Waals surface area (Å²) in [7, 11) is 0. The molecule has 7 heteroatoms. The van der Waals surface area contributed by atoms with E-state index < -0.39 is 0 Å². The van der Waals surface area contributed by atoms with Gasteiger partial charge >= 0.3 is 0 Å². The molecule has 0 atom stereocenters. The summed E-state index contributed by atoms with van der Waals surface area (Å²) < 4.78 is 0. The van der Waals surface area contributed by atoms with Crippen LogP contribution in [0.4, 0.5) is 5.69 Å². The lowest BCUT2D eigenvalue weighted by atomic mass is 10.1. The molecule has 7 nitrogen and oxygen atoms in total. The monoisotopic (exact) mass is 436 g/mol. The number of carbonyl (C=O) groups excluding carboxylic acids is 3. The third-order valence-electron chi connectivity index (χ3n) is 5.67. The van der Waals surface area contributed by atoms with Crippen LogP contribution in [0, 0.1) is 6.92 Å². The zero-order valence-corrected chi connectivity index (χ0v) is 18.9. The highest BCUT2D eigenvalue weighted by Gasteiger charge is 2.22. The molecule has 2 aromatic carbocycles. The summed E-state index contributed by atoms with van der Waals surface area (Å²) in [4.78, 5) is 41.0. The Kier molecular flexibility index (Phi) is 8.39. The summed E-state index contributed by atoms with van der Waals surface area (Å²) in [6, 6.07) is 15.2. The molecule has 0 spiro atoms. The third kappa shape index (κ3) is 6.65. The van der Waals surface area contributed by atoms with Crippen molar-refractivity contribution < 1.29 is 14.4 Å². The van der Waals surface area contributed by atoms with Gasteiger partial charge in [-0.2, -0.15) is 0 Å². The second-order valence-corrected chi connectivity index (χ2v) is 8.09. The highest BCUT2D eigenvalue weighted by molar-refractivity contribution is 5.94. The van der Waals surface area contributed by atoms with Gasteiger partial charge in [0.05, 0.1) is 6.54 Å². The van der Waals surface area contributed by atoms with Crippen molar-refractivity contribution >= 4 is 23.4 Å². The zero-order valence-electron chi connectivity index (χ0n) is 18.9. The fourth-order valence-corrected chi connectivity index (χ4v) is 3.83. The fourth-order valence-electron chi connectivity index (χ4n) is 3.83. The van der Waals surface area contributed by atoms with Gasteiger partial charge in [0, 0.05) is 50.4 Å². The second-order valence-electron chi connectivity index (χ2n) is 8.09. The predicted molar refractivity (Wildman–Crippen MR) is 126 cm³/mol. The van der Waals surface area contributed by atoms with Crippen molar-refractivity contribution in [3.8, 4) is 0 Å². The molecule has 0 unspecified atom stereocenters. The Balaban J connectivity index is 1.37. The van der Waals surface area contributed by atoms with Crippen LogP contribution in [0.2, 0.25) is 0 Å². The van der Waals surface area contributed by atoms with E-state index in [1.54, 1.807) is 11.0 Å². The largest absolute Gasteiger partial charge is 0.352 e. The van der Waals surface area contributed by atoms with E-state index in [0.29, 0.717) is 44.8 Å². The number of nitrogens with zero attached hydrogens (tertiary/aromatic N) is 2. The maximum atomic E-state index is 12.5. The van der Waals surface area contributed by atoms with Crippen molar-refractivity contribution in [3.05, 3.63) is 65.2 Å². The van der Waals surface area contributed by atoms with E-state index in [1.807, 2.05) is 49.4 Å². The summed E-state index contributed by atoms with van der Waals surface area (Å²) in [6.45, 7) is 7.11. The minimum Gasteiger partial charge on any atom is -0.352 e. The van der Waals surface area contributed by atoms with Crippen molar-refractivity contribution in [1.29, 1.82) is 0 Å². The molecular formula is C25H32N4O3. The SMILES string of the molecule is CCc1ccccc1NC(=O)CN1CCN(C(=O)CCNC(=O)c2cccc(C)c2)CC1. The van der Waals surface area contributed by atoms with Gasteiger partial charge in [-0.05, 0) is 37.1 Å². The minimum absolute atomic E-state index is 0.0236. The maximum absolute atomic E-state index is 12.5. The molecule has 0 saturated carbocycles. The average molecular weight is 437 g/mol. The van der Waals surface area contributed by atoms with Gasteiger partial charge in [-0.3, -0.25) is 19.3 Å². The third-order valence-corrected chi connectivity index (χ3v) is 5.67. The Morgan fingerprint density at radius 3 is 2.44 bits per heavy atom. The normalized spacial score (nSPS) is 14.1. The van der Waals surface area contributed by atoms with Crippen LogP contribution in [-0.4, -0.2) is 66.8 Å². The minimum atomic E-state index is -0.165. The van der Waals surface area contributed by atoms with Crippen LogP contribution in [0.5, 0.6) is 0 Å². The molecule has 0 radical (unpaired) electrons. The molecule has 1 heterocycles. The van der Waals surface area contributed by atoms with E-state index in [-0.39, 0.29) is 24.1 Å². The molecule has 3 amide bonds. The number of amides is 3. The zero-order chi connectivity index (χ0) is 22.9. The first kappa shape index (κ1) is 23.5. The lowest BCUT2D eigenvalue weighted by Gasteiger charge is -2.34. The first-order chi connectivity index (χ1) is 15.5. The summed E-state index contributed by atoms with van der Waals surface area (Å²) in [6.07, 6.45) is 1.13. The van der Waals surface area contributed by atoms with Crippen molar-refractivity contribution in [2.75, 3.05) is 44.6 Å². The number of hydrogen-bond acceptors (Lipinski definition) is 4. The summed E-state index contributed by atoms with van der Waals surface area (Å²) in [5.74, 6) is -0.179. The van der Waals surface area contributed by atoms with Gasteiger partial charge < -0.3 is 15.5 Å². The first-order valence-electron chi connectivity index (χ1n) is 11.2. The van der Waals surface area contributed by atoms with Crippen LogP contribution in [0.1, 0.15) is 34.8 Å². The number of aryl methyl sites for hydroxylation is 2. The highest BCUT2D eigenvalue weighted by atomic mass is 16.2. The van der Waals surface area contributed by atoms with E-state index in [9.17, 15) is 14.4 Å². The van der Waals surface area contributed by atoms with Gasteiger partial charge in [-0.15, -0.1) is 0 Å². The first-order valence-corrected chi connectivity index (χ1v) is 11.2. The number of benzene rings is 2. The lowest BCUT2D eigenvalue weighted by molar-refractivity contribution is -0.132. The maximum Gasteiger partial charge on any atom is 0.251 e. The molecule has 0 bridgehead atoms. The Labute approximate surface area is 189 Å². The van der Waals surface area contributed by atoms with Gasteiger partial charge in [-0.1, -0.05) is 42.8 Å². The molecule has 2 aromatic rings. The van der Waals surface area contributed by atoms with Crippen LogP contribution >= 0.6 is 0 Å². The standard InChI is InChI=1S/C25H32N4O3/c1-3-20-8-4-5-10-22(20)27-23(30)18-28-13-15-29(16-14-28)24(31)11-12-26-25(32)21-9-6-7-19(2)17-21/h4-10,17H,3,11-16,18H2,1-2H3,(H,26,32)(H,27,30). The highest BCUT2D eigenvalue weighted by Crippen LogP contribution is 2.15. The van der Waals surface area contributed by atoms with Crippen LogP contribution in [0.25, 0.3) is 0 Å². The van der Waals surface area contributed by atoms with Gasteiger partial charge in [0.1, 0.15) is 0 Å². The van der Waals surface area contributed by atoms with Crippen LogP contribution in [0.15, 0.2) is 48.5 Å². The number of rotatable bonds is 8. The number of para-hydroxylation sites is 1. The molecule has 1 aliphatic rings. The Hall–Kier alpha value is -3.19. The molecule has 1 saturated heterocycles. The molecule has 2 N–H and O–H groups in total. The van der Waals surface area contributed by atoms with E-state index in [1.165, 1.54) is 0 Å². The van der Waals surface area contributed by atoms with Crippen LogP contribution < -0.4 is 10.6 Å². The number of hydrogen-bond donors (Lipinski definition) is 2. The molecule has 3 rings (SSSR count). The molecule has 32 heavy (non-hydrogen) atoms. The van der Waals surface area contributed by atoms with Crippen molar-refractivity contribution in [2.24, 2.45) is 0 Å².